The monoisotopic (exact) mass is 339 g/mol. The molecule has 0 saturated carbocycles. The van der Waals surface area contributed by atoms with Gasteiger partial charge in [-0.3, -0.25) is 9.48 Å². The van der Waals surface area contributed by atoms with Crippen molar-refractivity contribution in [3.05, 3.63) is 52.3 Å². The number of alkyl halides is 3. The van der Waals surface area contributed by atoms with E-state index >= 15 is 0 Å². The Morgan fingerprint density at radius 2 is 2.00 bits per heavy atom. The number of nitrogens with zero attached hydrogens (tertiary/aromatic N) is 2. The molecule has 0 aliphatic heterocycles. The van der Waals surface area contributed by atoms with Gasteiger partial charge in [0.2, 0.25) is 5.91 Å². The molecule has 2 aromatic rings. The molecule has 1 heterocycles. The lowest BCUT2D eigenvalue weighted by atomic mass is 10.0. The summed E-state index contributed by atoms with van der Waals surface area (Å²) in [5.74, 6) is -0.329. The van der Waals surface area contributed by atoms with Crippen LogP contribution in [0.1, 0.15) is 41.0 Å². The molecule has 0 fully saturated rings. The Kier molecular flexibility index (Phi) is 5.01. The molecule has 0 saturated heterocycles. The molecule has 130 valence electrons. The second-order valence-electron chi connectivity index (χ2n) is 5.87. The standard InChI is InChI=1S/C17H20F3N3O/c1-10(16-11(2)22-23(4)12(16)3)21-15(24)9-13-6-5-7-14(8-13)17(18,19)20/h5-8,10H,9H2,1-4H3,(H,21,24)/t10-/m1/s1. The van der Waals surface area contributed by atoms with Crippen LogP contribution in [0.15, 0.2) is 24.3 Å². The minimum atomic E-state index is -4.41. The van der Waals surface area contributed by atoms with E-state index in [1.54, 1.807) is 4.68 Å². The number of halogens is 3. The number of hydrogen-bond donors (Lipinski definition) is 1. The van der Waals surface area contributed by atoms with Gasteiger partial charge in [0, 0.05) is 18.3 Å². The third-order valence-electron chi connectivity index (χ3n) is 3.99. The third-order valence-corrected chi connectivity index (χ3v) is 3.99. The Balaban J connectivity index is 2.08. The van der Waals surface area contributed by atoms with Crippen molar-refractivity contribution in [2.75, 3.05) is 0 Å². The highest BCUT2D eigenvalue weighted by Gasteiger charge is 2.30. The zero-order valence-electron chi connectivity index (χ0n) is 14.0. The zero-order chi connectivity index (χ0) is 18.1. The molecular weight excluding hydrogens is 319 g/mol. The Morgan fingerprint density at radius 1 is 1.33 bits per heavy atom. The first-order valence-corrected chi connectivity index (χ1v) is 7.55. The highest BCUT2D eigenvalue weighted by molar-refractivity contribution is 5.79. The van der Waals surface area contributed by atoms with E-state index in [0.29, 0.717) is 5.56 Å². The Morgan fingerprint density at radius 3 is 2.54 bits per heavy atom. The van der Waals surface area contributed by atoms with Gasteiger partial charge in [-0.1, -0.05) is 18.2 Å². The molecule has 1 aromatic carbocycles. The van der Waals surface area contributed by atoms with Crippen molar-refractivity contribution in [3.8, 4) is 0 Å². The predicted molar refractivity (Wildman–Crippen MR) is 84.4 cm³/mol. The van der Waals surface area contributed by atoms with Crippen molar-refractivity contribution in [1.82, 2.24) is 15.1 Å². The van der Waals surface area contributed by atoms with Gasteiger partial charge < -0.3 is 5.32 Å². The Bertz CT molecular complexity index is 750. The van der Waals surface area contributed by atoms with E-state index in [9.17, 15) is 18.0 Å². The molecule has 1 aromatic heterocycles. The van der Waals surface area contributed by atoms with E-state index in [1.165, 1.54) is 12.1 Å². The highest BCUT2D eigenvalue weighted by Crippen LogP contribution is 2.29. The summed E-state index contributed by atoms with van der Waals surface area (Å²) >= 11 is 0. The van der Waals surface area contributed by atoms with E-state index in [0.717, 1.165) is 29.1 Å². The van der Waals surface area contributed by atoms with Crippen LogP contribution in [-0.4, -0.2) is 15.7 Å². The molecule has 0 spiro atoms. The highest BCUT2D eigenvalue weighted by atomic mass is 19.4. The van der Waals surface area contributed by atoms with Crippen LogP contribution in [0.2, 0.25) is 0 Å². The van der Waals surface area contributed by atoms with Crippen LogP contribution in [0.4, 0.5) is 13.2 Å². The average Bonchev–Trinajstić information content (AvgIpc) is 2.71. The maximum Gasteiger partial charge on any atom is 0.416 e. The van der Waals surface area contributed by atoms with Crippen LogP contribution in [0.25, 0.3) is 0 Å². The lowest BCUT2D eigenvalue weighted by Crippen LogP contribution is -2.28. The van der Waals surface area contributed by atoms with E-state index in [1.807, 2.05) is 27.8 Å². The van der Waals surface area contributed by atoms with Gasteiger partial charge in [-0.15, -0.1) is 0 Å². The maximum absolute atomic E-state index is 12.7. The van der Waals surface area contributed by atoms with E-state index in [-0.39, 0.29) is 18.4 Å². The normalized spacial score (nSPS) is 13.0. The summed E-state index contributed by atoms with van der Waals surface area (Å²) in [4.78, 5) is 12.2. The number of benzene rings is 1. The molecule has 4 nitrogen and oxygen atoms in total. The van der Waals surface area contributed by atoms with Crippen molar-refractivity contribution in [2.24, 2.45) is 7.05 Å². The van der Waals surface area contributed by atoms with Crippen molar-refractivity contribution >= 4 is 5.91 Å². The molecule has 0 aliphatic carbocycles. The minimum absolute atomic E-state index is 0.105. The number of aromatic nitrogens is 2. The fraction of sp³-hybridized carbons (Fsp3) is 0.412. The number of nitrogens with one attached hydrogen (secondary N) is 1. The smallest absolute Gasteiger partial charge is 0.349 e. The van der Waals surface area contributed by atoms with Crippen molar-refractivity contribution in [3.63, 3.8) is 0 Å². The predicted octanol–water partition coefficient (Wildman–Crippen LogP) is 3.48. The molecule has 0 unspecified atom stereocenters. The minimum Gasteiger partial charge on any atom is -0.349 e. The lowest BCUT2D eigenvalue weighted by Gasteiger charge is -2.15. The van der Waals surface area contributed by atoms with Crippen molar-refractivity contribution in [2.45, 2.75) is 39.4 Å². The van der Waals surface area contributed by atoms with E-state index in [2.05, 4.69) is 10.4 Å². The van der Waals surface area contributed by atoms with E-state index in [4.69, 9.17) is 0 Å². The number of rotatable bonds is 4. The first kappa shape index (κ1) is 18.0. The molecule has 0 radical (unpaired) electrons. The molecular formula is C17H20F3N3O. The molecule has 0 aliphatic rings. The summed E-state index contributed by atoms with van der Waals surface area (Å²) in [6.45, 7) is 5.60. The second kappa shape index (κ2) is 6.67. The SMILES string of the molecule is Cc1nn(C)c(C)c1[C@@H](C)NC(=O)Cc1cccc(C(F)(F)F)c1. The molecule has 1 atom stereocenters. The summed E-state index contributed by atoms with van der Waals surface area (Å²) in [6.07, 6.45) is -4.52. The molecule has 7 heteroatoms. The quantitative estimate of drug-likeness (QED) is 0.927. The zero-order valence-corrected chi connectivity index (χ0v) is 14.0. The van der Waals surface area contributed by atoms with Crippen LogP contribution in [0, 0.1) is 13.8 Å². The Labute approximate surface area is 138 Å². The molecule has 0 bridgehead atoms. The second-order valence-corrected chi connectivity index (χ2v) is 5.87. The van der Waals surface area contributed by atoms with Crippen molar-refractivity contribution in [1.29, 1.82) is 0 Å². The topological polar surface area (TPSA) is 46.9 Å². The Hall–Kier alpha value is -2.31. The molecule has 2 rings (SSSR count). The van der Waals surface area contributed by atoms with Gasteiger partial charge in [0.25, 0.3) is 0 Å². The van der Waals surface area contributed by atoms with Crippen LogP contribution in [0.3, 0.4) is 0 Å². The van der Waals surface area contributed by atoms with E-state index < -0.39 is 11.7 Å². The van der Waals surface area contributed by atoms with Gasteiger partial charge in [-0.25, -0.2) is 0 Å². The molecule has 1 amide bonds. The summed E-state index contributed by atoms with van der Waals surface area (Å²) in [6, 6.07) is 4.55. The van der Waals surface area contributed by atoms with Crippen molar-refractivity contribution < 1.29 is 18.0 Å². The molecule has 24 heavy (non-hydrogen) atoms. The van der Waals surface area contributed by atoms with Crippen LogP contribution in [-0.2, 0) is 24.4 Å². The van der Waals surface area contributed by atoms with Crippen LogP contribution < -0.4 is 5.32 Å². The van der Waals surface area contributed by atoms with Gasteiger partial charge in [-0.05, 0) is 32.4 Å². The number of carbonyl (C=O) groups excluding carboxylic acids is 1. The van der Waals surface area contributed by atoms with Crippen LogP contribution >= 0.6 is 0 Å². The van der Waals surface area contributed by atoms with Gasteiger partial charge >= 0.3 is 6.18 Å². The largest absolute Gasteiger partial charge is 0.416 e. The number of aryl methyl sites for hydroxylation is 2. The maximum atomic E-state index is 12.7. The number of carbonyl (C=O) groups is 1. The third kappa shape index (κ3) is 3.96. The fourth-order valence-corrected chi connectivity index (χ4v) is 2.82. The first-order chi connectivity index (χ1) is 11.1. The lowest BCUT2D eigenvalue weighted by molar-refractivity contribution is -0.137. The van der Waals surface area contributed by atoms with Gasteiger partial charge in [-0.2, -0.15) is 18.3 Å². The fourth-order valence-electron chi connectivity index (χ4n) is 2.82. The molecule has 1 N–H and O–H groups in total. The van der Waals surface area contributed by atoms with Gasteiger partial charge in [0.05, 0.1) is 23.7 Å². The van der Waals surface area contributed by atoms with Gasteiger partial charge in [0.15, 0.2) is 0 Å². The summed E-state index contributed by atoms with van der Waals surface area (Å²) in [5.41, 5.74) is 2.27. The summed E-state index contributed by atoms with van der Waals surface area (Å²) < 4.78 is 39.9. The first-order valence-electron chi connectivity index (χ1n) is 7.55. The average molecular weight is 339 g/mol. The number of hydrogen-bond acceptors (Lipinski definition) is 2. The van der Waals surface area contributed by atoms with Gasteiger partial charge in [0.1, 0.15) is 0 Å². The summed E-state index contributed by atoms with van der Waals surface area (Å²) in [7, 11) is 1.82. The van der Waals surface area contributed by atoms with Crippen LogP contribution in [0.5, 0.6) is 0 Å². The summed E-state index contributed by atoms with van der Waals surface area (Å²) in [5, 5.41) is 7.13. The number of amides is 1.